The van der Waals surface area contributed by atoms with Crippen molar-refractivity contribution in [2.75, 3.05) is 0 Å². The third-order valence-electron chi connectivity index (χ3n) is 2.72. The summed E-state index contributed by atoms with van der Waals surface area (Å²) >= 11 is 1.51. The molecule has 6 heteroatoms. The number of rotatable bonds is 5. The number of nitrogens with two attached hydrogens (primary N) is 1. The first-order chi connectivity index (χ1) is 9.51. The Kier molecular flexibility index (Phi) is 4.67. The predicted octanol–water partition coefficient (Wildman–Crippen LogP) is 3.58. The number of ether oxygens (including phenoxy) is 1. The fraction of sp³-hybridized carbons (Fsp3) is 0.357. The molecular weight excluding hydrogens is 282 g/mol. The van der Waals surface area contributed by atoms with Gasteiger partial charge in [0.25, 0.3) is 0 Å². The molecule has 0 atom stereocenters. The summed E-state index contributed by atoms with van der Waals surface area (Å²) in [5.74, 6) is -1.55. The summed E-state index contributed by atoms with van der Waals surface area (Å²) in [4.78, 5) is 4.35. The fourth-order valence-corrected chi connectivity index (χ4v) is 2.49. The fourth-order valence-electron chi connectivity index (χ4n) is 1.67. The van der Waals surface area contributed by atoms with Gasteiger partial charge in [0.05, 0.1) is 10.7 Å². The Labute approximate surface area is 120 Å². The van der Waals surface area contributed by atoms with E-state index in [9.17, 15) is 8.78 Å². The molecule has 2 rings (SSSR count). The Balaban J connectivity index is 2.10. The van der Waals surface area contributed by atoms with E-state index in [1.54, 1.807) is 0 Å². The van der Waals surface area contributed by atoms with Crippen LogP contribution in [-0.2, 0) is 13.2 Å². The lowest BCUT2D eigenvalue weighted by atomic mass is 10.2. The molecule has 2 aromatic rings. The third kappa shape index (κ3) is 3.32. The van der Waals surface area contributed by atoms with Gasteiger partial charge in [0.2, 0.25) is 0 Å². The minimum Gasteiger partial charge on any atom is -0.481 e. The molecule has 0 amide bonds. The number of hydrogen-bond donors (Lipinski definition) is 1. The molecule has 108 valence electrons. The SMILES string of the molecule is CC(C)c1nc(COc2c(F)cc(CN)cc2F)cs1. The monoisotopic (exact) mass is 298 g/mol. The largest absolute Gasteiger partial charge is 0.481 e. The summed E-state index contributed by atoms with van der Waals surface area (Å²) < 4.78 is 32.6. The summed E-state index contributed by atoms with van der Waals surface area (Å²) in [6, 6.07) is 2.36. The molecule has 3 nitrogen and oxygen atoms in total. The van der Waals surface area contributed by atoms with Gasteiger partial charge in [-0.1, -0.05) is 13.8 Å². The van der Waals surface area contributed by atoms with Gasteiger partial charge < -0.3 is 10.5 Å². The van der Waals surface area contributed by atoms with Crippen molar-refractivity contribution in [1.29, 1.82) is 0 Å². The first kappa shape index (κ1) is 14.9. The van der Waals surface area contributed by atoms with E-state index < -0.39 is 11.6 Å². The quantitative estimate of drug-likeness (QED) is 0.917. The maximum Gasteiger partial charge on any atom is 0.191 e. The van der Waals surface area contributed by atoms with Crippen molar-refractivity contribution in [3.8, 4) is 5.75 Å². The molecule has 2 N–H and O–H groups in total. The molecule has 0 aliphatic carbocycles. The Morgan fingerprint density at radius 1 is 1.30 bits per heavy atom. The van der Waals surface area contributed by atoms with Gasteiger partial charge in [-0.15, -0.1) is 11.3 Å². The standard InChI is InChI=1S/C14H16F2N2OS/c1-8(2)14-18-10(7-20-14)6-19-13-11(15)3-9(5-17)4-12(13)16/h3-4,7-8H,5-6,17H2,1-2H3. The number of halogens is 2. The first-order valence-electron chi connectivity index (χ1n) is 6.26. The summed E-state index contributed by atoms with van der Waals surface area (Å²) in [7, 11) is 0. The molecule has 1 aromatic heterocycles. The average molecular weight is 298 g/mol. The van der Waals surface area contributed by atoms with Gasteiger partial charge in [-0.25, -0.2) is 13.8 Å². The van der Waals surface area contributed by atoms with Crippen LogP contribution < -0.4 is 10.5 Å². The molecule has 0 aliphatic rings. The van der Waals surface area contributed by atoms with Gasteiger partial charge in [0.1, 0.15) is 6.61 Å². The molecule has 0 radical (unpaired) electrons. The highest BCUT2D eigenvalue weighted by atomic mass is 32.1. The van der Waals surface area contributed by atoms with Gasteiger partial charge in [-0.3, -0.25) is 0 Å². The van der Waals surface area contributed by atoms with Crippen molar-refractivity contribution < 1.29 is 13.5 Å². The second-order valence-corrected chi connectivity index (χ2v) is 5.60. The highest BCUT2D eigenvalue weighted by molar-refractivity contribution is 7.09. The van der Waals surface area contributed by atoms with Crippen molar-refractivity contribution in [2.24, 2.45) is 5.73 Å². The molecule has 0 saturated heterocycles. The molecule has 0 aliphatic heterocycles. The second kappa shape index (κ2) is 6.28. The summed E-state index contributed by atoms with van der Waals surface area (Å²) in [6.07, 6.45) is 0. The Bertz CT molecular complexity index is 576. The van der Waals surface area contributed by atoms with Crippen LogP contribution in [0.1, 0.15) is 36.0 Å². The molecule has 0 spiro atoms. The van der Waals surface area contributed by atoms with Crippen LogP contribution in [0.5, 0.6) is 5.75 Å². The minimum absolute atomic E-state index is 0.0407. The Morgan fingerprint density at radius 3 is 2.45 bits per heavy atom. The molecule has 1 heterocycles. The van der Waals surface area contributed by atoms with E-state index in [2.05, 4.69) is 4.98 Å². The second-order valence-electron chi connectivity index (χ2n) is 4.71. The lowest BCUT2D eigenvalue weighted by Crippen LogP contribution is -2.04. The zero-order valence-electron chi connectivity index (χ0n) is 11.3. The molecular formula is C14H16F2N2OS. The lowest BCUT2D eigenvalue weighted by Gasteiger charge is -2.08. The van der Waals surface area contributed by atoms with Crippen LogP contribution in [0.15, 0.2) is 17.5 Å². The van der Waals surface area contributed by atoms with Crippen LogP contribution in [0.4, 0.5) is 8.78 Å². The minimum atomic E-state index is -0.746. The van der Waals surface area contributed by atoms with Crippen LogP contribution >= 0.6 is 11.3 Å². The predicted molar refractivity (Wildman–Crippen MR) is 74.8 cm³/mol. The van der Waals surface area contributed by atoms with Crippen LogP contribution in [0.3, 0.4) is 0 Å². The average Bonchev–Trinajstić information content (AvgIpc) is 2.86. The molecule has 0 bridgehead atoms. The van der Waals surface area contributed by atoms with Crippen LogP contribution in [-0.4, -0.2) is 4.98 Å². The van der Waals surface area contributed by atoms with Crippen molar-refractivity contribution in [2.45, 2.75) is 32.9 Å². The number of thiazole rings is 1. The third-order valence-corrected chi connectivity index (χ3v) is 3.92. The smallest absolute Gasteiger partial charge is 0.191 e. The molecule has 0 saturated carbocycles. The normalized spacial score (nSPS) is 11.1. The molecule has 1 aromatic carbocycles. The maximum absolute atomic E-state index is 13.7. The number of nitrogens with zero attached hydrogens (tertiary/aromatic N) is 1. The Hall–Kier alpha value is -1.53. The zero-order chi connectivity index (χ0) is 14.7. The number of aromatic nitrogens is 1. The summed E-state index contributed by atoms with van der Waals surface area (Å²) in [6.45, 7) is 4.19. The summed E-state index contributed by atoms with van der Waals surface area (Å²) in [5, 5.41) is 2.81. The first-order valence-corrected chi connectivity index (χ1v) is 7.14. The zero-order valence-corrected chi connectivity index (χ0v) is 12.1. The van der Waals surface area contributed by atoms with Gasteiger partial charge in [0.15, 0.2) is 17.4 Å². The summed E-state index contributed by atoms with van der Waals surface area (Å²) in [5.41, 5.74) is 6.41. The Morgan fingerprint density at radius 2 is 1.95 bits per heavy atom. The van der Waals surface area contributed by atoms with E-state index in [0.717, 1.165) is 5.01 Å². The van der Waals surface area contributed by atoms with Crippen molar-refractivity contribution in [1.82, 2.24) is 4.98 Å². The van der Waals surface area contributed by atoms with E-state index in [4.69, 9.17) is 10.5 Å². The van der Waals surface area contributed by atoms with E-state index in [0.29, 0.717) is 17.2 Å². The van der Waals surface area contributed by atoms with Gasteiger partial charge in [-0.05, 0) is 17.7 Å². The van der Waals surface area contributed by atoms with E-state index >= 15 is 0 Å². The lowest BCUT2D eigenvalue weighted by molar-refractivity contribution is 0.270. The molecule has 0 fully saturated rings. The topological polar surface area (TPSA) is 48.1 Å². The van der Waals surface area contributed by atoms with E-state index in [1.807, 2.05) is 19.2 Å². The van der Waals surface area contributed by atoms with Gasteiger partial charge in [0, 0.05) is 17.8 Å². The molecule has 20 heavy (non-hydrogen) atoms. The van der Waals surface area contributed by atoms with E-state index in [1.165, 1.54) is 23.5 Å². The van der Waals surface area contributed by atoms with Crippen molar-refractivity contribution >= 4 is 11.3 Å². The number of hydrogen-bond acceptors (Lipinski definition) is 4. The van der Waals surface area contributed by atoms with E-state index in [-0.39, 0.29) is 18.9 Å². The molecule has 0 unspecified atom stereocenters. The number of benzene rings is 1. The maximum atomic E-state index is 13.7. The van der Waals surface area contributed by atoms with Crippen molar-refractivity contribution in [3.05, 3.63) is 45.4 Å². The highest BCUT2D eigenvalue weighted by Crippen LogP contribution is 2.25. The van der Waals surface area contributed by atoms with Crippen LogP contribution in [0.25, 0.3) is 0 Å². The van der Waals surface area contributed by atoms with Crippen LogP contribution in [0.2, 0.25) is 0 Å². The highest BCUT2D eigenvalue weighted by Gasteiger charge is 2.13. The van der Waals surface area contributed by atoms with Crippen LogP contribution in [0, 0.1) is 11.6 Å². The van der Waals surface area contributed by atoms with Crippen molar-refractivity contribution in [3.63, 3.8) is 0 Å². The van der Waals surface area contributed by atoms with Gasteiger partial charge >= 0.3 is 0 Å². The van der Waals surface area contributed by atoms with Gasteiger partial charge in [-0.2, -0.15) is 0 Å².